The number of hydrogen-bond acceptors (Lipinski definition) is 3. The number of aromatic nitrogens is 3. The summed E-state index contributed by atoms with van der Waals surface area (Å²) in [6.45, 7) is 0.399. The third-order valence-corrected chi connectivity index (χ3v) is 4.61. The van der Waals surface area contributed by atoms with Crippen LogP contribution < -0.4 is 5.32 Å². The van der Waals surface area contributed by atoms with Crippen molar-refractivity contribution < 1.29 is 4.79 Å². The second kappa shape index (κ2) is 8.06. The van der Waals surface area contributed by atoms with Gasteiger partial charge in [-0.3, -0.25) is 9.78 Å². The Labute approximate surface area is 167 Å². The maximum Gasteiger partial charge on any atom is 0.270 e. The molecule has 0 aliphatic rings. The number of benzene rings is 2. The number of hydrogen-bond donors (Lipinski definition) is 1. The molecule has 138 valence electrons. The van der Waals surface area contributed by atoms with Gasteiger partial charge in [-0.2, -0.15) is 5.10 Å². The Hall–Kier alpha value is -3.44. The first kappa shape index (κ1) is 17.9. The van der Waals surface area contributed by atoms with Crippen LogP contribution in [-0.4, -0.2) is 20.7 Å². The summed E-state index contributed by atoms with van der Waals surface area (Å²) in [4.78, 5) is 16.9. The van der Waals surface area contributed by atoms with Gasteiger partial charge in [-0.1, -0.05) is 54.1 Å². The molecule has 2 aromatic heterocycles. The smallest absolute Gasteiger partial charge is 0.270 e. The van der Waals surface area contributed by atoms with Gasteiger partial charge in [-0.25, -0.2) is 4.68 Å². The lowest BCUT2D eigenvalue weighted by Gasteiger charge is -2.09. The summed E-state index contributed by atoms with van der Waals surface area (Å²) in [5, 5.41) is 8.11. The molecule has 0 bridgehead atoms. The molecule has 4 rings (SSSR count). The van der Waals surface area contributed by atoms with Crippen molar-refractivity contribution >= 4 is 17.5 Å². The molecule has 2 aromatic carbocycles. The molecular weight excluding hydrogens is 372 g/mol. The van der Waals surface area contributed by atoms with E-state index < -0.39 is 0 Å². The zero-order chi connectivity index (χ0) is 19.3. The van der Waals surface area contributed by atoms with E-state index >= 15 is 0 Å². The van der Waals surface area contributed by atoms with Gasteiger partial charge in [0.1, 0.15) is 5.69 Å². The van der Waals surface area contributed by atoms with E-state index in [-0.39, 0.29) is 5.91 Å². The number of carbonyl (C=O) groups excluding carboxylic acids is 1. The molecule has 1 amide bonds. The van der Waals surface area contributed by atoms with Gasteiger partial charge in [0.25, 0.3) is 5.91 Å². The van der Waals surface area contributed by atoms with Gasteiger partial charge in [0, 0.05) is 24.5 Å². The Bertz CT molecular complexity index is 1090. The number of para-hydroxylation sites is 1. The lowest BCUT2D eigenvalue weighted by atomic mass is 10.1. The third kappa shape index (κ3) is 3.80. The summed E-state index contributed by atoms with van der Waals surface area (Å²) < 4.78 is 1.59. The van der Waals surface area contributed by atoms with Crippen LogP contribution in [0.15, 0.2) is 85.2 Å². The van der Waals surface area contributed by atoms with Crippen molar-refractivity contribution in [1.29, 1.82) is 0 Å². The van der Waals surface area contributed by atoms with Crippen molar-refractivity contribution in [1.82, 2.24) is 20.1 Å². The zero-order valence-electron chi connectivity index (χ0n) is 14.9. The average Bonchev–Trinajstić information content (AvgIpc) is 3.19. The summed E-state index contributed by atoms with van der Waals surface area (Å²) in [6.07, 6.45) is 3.39. The van der Waals surface area contributed by atoms with Crippen molar-refractivity contribution in [3.8, 4) is 16.9 Å². The SMILES string of the molecule is O=C(NCc1ccncc1)c1cc(-c2ccccc2)nn1-c1ccccc1Cl. The highest BCUT2D eigenvalue weighted by Gasteiger charge is 2.18. The number of nitrogens with one attached hydrogen (secondary N) is 1. The third-order valence-electron chi connectivity index (χ3n) is 4.29. The Morgan fingerprint density at radius 2 is 1.68 bits per heavy atom. The summed E-state index contributed by atoms with van der Waals surface area (Å²) in [6, 6.07) is 22.6. The minimum atomic E-state index is -0.230. The van der Waals surface area contributed by atoms with Gasteiger partial charge >= 0.3 is 0 Å². The summed E-state index contributed by atoms with van der Waals surface area (Å²) >= 11 is 6.36. The van der Waals surface area contributed by atoms with E-state index in [0.29, 0.717) is 28.6 Å². The minimum Gasteiger partial charge on any atom is -0.347 e. The van der Waals surface area contributed by atoms with Crippen LogP contribution in [0.4, 0.5) is 0 Å². The molecule has 0 aliphatic carbocycles. The molecule has 0 fully saturated rings. The molecule has 0 unspecified atom stereocenters. The monoisotopic (exact) mass is 388 g/mol. The van der Waals surface area contributed by atoms with Crippen molar-refractivity contribution in [2.45, 2.75) is 6.54 Å². The second-order valence-electron chi connectivity index (χ2n) is 6.18. The van der Waals surface area contributed by atoms with Crippen LogP contribution in [0, 0.1) is 0 Å². The Morgan fingerprint density at radius 1 is 0.964 bits per heavy atom. The topological polar surface area (TPSA) is 59.8 Å². The van der Waals surface area contributed by atoms with Gasteiger partial charge < -0.3 is 5.32 Å². The average molecular weight is 389 g/mol. The lowest BCUT2D eigenvalue weighted by molar-refractivity contribution is 0.0943. The molecule has 4 aromatic rings. The number of nitrogens with zero attached hydrogens (tertiary/aromatic N) is 3. The molecule has 2 heterocycles. The molecule has 0 saturated heterocycles. The fraction of sp³-hybridized carbons (Fsp3) is 0.0455. The molecule has 0 radical (unpaired) electrons. The fourth-order valence-electron chi connectivity index (χ4n) is 2.87. The van der Waals surface area contributed by atoms with Crippen molar-refractivity contribution in [3.63, 3.8) is 0 Å². The second-order valence-corrected chi connectivity index (χ2v) is 6.59. The standard InChI is InChI=1S/C22H17ClN4O/c23-18-8-4-5-9-20(18)27-21(14-19(26-27)17-6-2-1-3-7-17)22(28)25-15-16-10-12-24-13-11-16/h1-14H,15H2,(H,25,28). The molecule has 6 heteroatoms. The van der Waals surface area contributed by atoms with Crippen LogP contribution in [0.2, 0.25) is 5.02 Å². The van der Waals surface area contributed by atoms with E-state index in [0.717, 1.165) is 11.1 Å². The van der Waals surface area contributed by atoms with E-state index in [1.807, 2.05) is 60.7 Å². The molecule has 28 heavy (non-hydrogen) atoms. The van der Waals surface area contributed by atoms with Crippen LogP contribution in [-0.2, 0) is 6.54 Å². The van der Waals surface area contributed by atoms with Crippen LogP contribution in [0.5, 0.6) is 0 Å². The highest BCUT2D eigenvalue weighted by molar-refractivity contribution is 6.32. The van der Waals surface area contributed by atoms with E-state index in [9.17, 15) is 4.79 Å². The lowest BCUT2D eigenvalue weighted by Crippen LogP contribution is -2.25. The summed E-state index contributed by atoms with van der Waals surface area (Å²) in [5.74, 6) is -0.230. The number of amides is 1. The first-order chi connectivity index (χ1) is 13.7. The van der Waals surface area contributed by atoms with Crippen LogP contribution in [0.3, 0.4) is 0 Å². The quantitative estimate of drug-likeness (QED) is 0.547. The van der Waals surface area contributed by atoms with Crippen LogP contribution in [0.25, 0.3) is 16.9 Å². The maximum atomic E-state index is 12.9. The van der Waals surface area contributed by atoms with Crippen LogP contribution >= 0.6 is 11.6 Å². The number of halogens is 1. The molecular formula is C22H17ClN4O. The highest BCUT2D eigenvalue weighted by atomic mass is 35.5. The molecule has 0 saturated carbocycles. The van der Waals surface area contributed by atoms with Gasteiger partial charge in [0.2, 0.25) is 0 Å². The predicted molar refractivity (Wildman–Crippen MR) is 109 cm³/mol. The molecule has 0 atom stereocenters. The number of carbonyl (C=O) groups is 1. The van der Waals surface area contributed by atoms with E-state index in [1.54, 1.807) is 29.2 Å². The first-order valence-corrected chi connectivity index (χ1v) is 9.17. The first-order valence-electron chi connectivity index (χ1n) is 8.80. The van der Waals surface area contributed by atoms with Gasteiger partial charge in [0.05, 0.1) is 16.4 Å². The van der Waals surface area contributed by atoms with Crippen molar-refractivity contribution in [2.75, 3.05) is 0 Å². The minimum absolute atomic E-state index is 0.230. The highest BCUT2D eigenvalue weighted by Crippen LogP contribution is 2.25. The largest absolute Gasteiger partial charge is 0.347 e. The molecule has 5 nitrogen and oxygen atoms in total. The maximum absolute atomic E-state index is 12.9. The molecule has 0 spiro atoms. The Balaban J connectivity index is 1.71. The predicted octanol–water partition coefficient (Wildman–Crippen LogP) is 4.52. The van der Waals surface area contributed by atoms with Crippen LogP contribution in [0.1, 0.15) is 16.1 Å². The van der Waals surface area contributed by atoms with Gasteiger partial charge in [-0.05, 0) is 35.9 Å². The summed E-state index contributed by atoms with van der Waals surface area (Å²) in [5.41, 5.74) is 3.67. The van der Waals surface area contributed by atoms with Crippen molar-refractivity contribution in [3.05, 3.63) is 101 Å². The number of pyridine rings is 1. The Morgan fingerprint density at radius 3 is 2.43 bits per heavy atom. The molecule has 1 N–H and O–H groups in total. The normalized spacial score (nSPS) is 10.6. The van der Waals surface area contributed by atoms with E-state index in [2.05, 4.69) is 15.4 Å². The van der Waals surface area contributed by atoms with Crippen molar-refractivity contribution in [2.24, 2.45) is 0 Å². The van der Waals surface area contributed by atoms with Gasteiger partial charge in [-0.15, -0.1) is 0 Å². The fourth-order valence-corrected chi connectivity index (χ4v) is 3.09. The van der Waals surface area contributed by atoms with E-state index in [4.69, 9.17) is 11.6 Å². The summed E-state index contributed by atoms with van der Waals surface area (Å²) in [7, 11) is 0. The number of rotatable bonds is 5. The zero-order valence-corrected chi connectivity index (χ0v) is 15.7. The van der Waals surface area contributed by atoms with E-state index in [1.165, 1.54) is 0 Å². The molecule has 0 aliphatic heterocycles. The Kier molecular flexibility index (Phi) is 5.17. The van der Waals surface area contributed by atoms with Gasteiger partial charge in [0.15, 0.2) is 0 Å².